The topological polar surface area (TPSA) is 56.1 Å². The van der Waals surface area contributed by atoms with Crippen LogP contribution in [0.25, 0.3) is 0 Å². The lowest BCUT2D eigenvalue weighted by atomic mass is 9.95. The molecule has 0 aliphatic heterocycles. The Hall–Kier alpha value is -2.02. The standard InChI is InChI=1S/C16H21N3O/c1-19(15-9-7-13(11-17)8-10-15)12-16(20)18-14-5-3-2-4-6-14/h7-10,14H,2-6,12H2,1H3,(H,18,20). The van der Waals surface area contributed by atoms with E-state index < -0.39 is 0 Å². The summed E-state index contributed by atoms with van der Waals surface area (Å²) in [5, 5.41) is 11.9. The van der Waals surface area contributed by atoms with E-state index in [2.05, 4.69) is 11.4 Å². The van der Waals surface area contributed by atoms with Crippen molar-refractivity contribution >= 4 is 11.6 Å². The van der Waals surface area contributed by atoms with Crippen LogP contribution in [0, 0.1) is 11.3 Å². The molecule has 0 heterocycles. The molecule has 0 saturated heterocycles. The van der Waals surface area contributed by atoms with Gasteiger partial charge >= 0.3 is 0 Å². The van der Waals surface area contributed by atoms with Gasteiger partial charge < -0.3 is 10.2 Å². The van der Waals surface area contributed by atoms with Gasteiger partial charge in [0.2, 0.25) is 5.91 Å². The van der Waals surface area contributed by atoms with Gasteiger partial charge in [0, 0.05) is 18.8 Å². The molecule has 4 nitrogen and oxygen atoms in total. The minimum absolute atomic E-state index is 0.0729. The predicted molar refractivity (Wildman–Crippen MR) is 79.4 cm³/mol. The van der Waals surface area contributed by atoms with Gasteiger partial charge in [0.05, 0.1) is 18.2 Å². The molecule has 1 aliphatic rings. The number of hydrogen-bond donors (Lipinski definition) is 1. The zero-order valence-electron chi connectivity index (χ0n) is 11.9. The summed E-state index contributed by atoms with van der Waals surface area (Å²) in [6.45, 7) is 0.350. The number of nitrogens with zero attached hydrogens (tertiary/aromatic N) is 2. The summed E-state index contributed by atoms with van der Waals surface area (Å²) < 4.78 is 0. The highest BCUT2D eigenvalue weighted by molar-refractivity contribution is 5.81. The molecule has 0 atom stereocenters. The molecular weight excluding hydrogens is 250 g/mol. The molecule has 1 fully saturated rings. The van der Waals surface area contributed by atoms with Gasteiger partial charge in [-0.15, -0.1) is 0 Å². The molecule has 0 radical (unpaired) electrons. The first-order chi connectivity index (χ1) is 9.69. The minimum Gasteiger partial charge on any atom is -0.365 e. The lowest BCUT2D eigenvalue weighted by Gasteiger charge is -2.25. The Morgan fingerprint density at radius 1 is 1.30 bits per heavy atom. The molecule has 0 spiro atoms. The van der Waals surface area contributed by atoms with E-state index in [1.165, 1.54) is 19.3 Å². The molecular formula is C16H21N3O. The van der Waals surface area contributed by atoms with E-state index in [1.807, 2.05) is 24.1 Å². The predicted octanol–water partition coefficient (Wildman–Crippen LogP) is 2.44. The third kappa shape index (κ3) is 3.99. The Morgan fingerprint density at radius 2 is 1.95 bits per heavy atom. The number of benzene rings is 1. The molecule has 1 saturated carbocycles. The molecule has 106 valence electrons. The normalized spacial score (nSPS) is 15.4. The van der Waals surface area contributed by atoms with Gasteiger partial charge in [-0.1, -0.05) is 19.3 Å². The van der Waals surface area contributed by atoms with Crippen LogP contribution in [-0.2, 0) is 4.79 Å². The Kier molecular flexibility index (Phi) is 5.00. The summed E-state index contributed by atoms with van der Waals surface area (Å²) in [5.41, 5.74) is 1.58. The maximum atomic E-state index is 12.0. The number of carbonyl (C=O) groups excluding carboxylic acids is 1. The fraction of sp³-hybridized carbons (Fsp3) is 0.500. The molecule has 1 aromatic rings. The van der Waals surface area contributed by atoms with E-state index in [1.54, 1.807) is 12.1 Å². The highest BCUT2D eigenvalue weighted by atomic mass is 16.2. The summed E-state index contributed by atoms with van der Waals surface area (Å²) in [5.74, 6) is 0.0729. The SMILES string of the molecule is CN(CC(=O)NC1CCCCC1)c1ccc(C#N)cc1. The first-order valence-corrected chi connectivity index (χ1v) is 7.19. The monoisotopic (exact) mass is 271 g/mol. The minimum atomic E-state index is 0.0729. The second-order valence-electron chi connectivity index (χ2n) is 5.42. The Morgan fingerprint density at radius 3 is 2.55 bits per heavy atom. The van der Waals surface area contributed by atoms with Crippen LogP contribution in [-0.4, -0.2) is 25.5 Å². The third-order valence-corrected chi connectivity index (χ3v) is 3.79. The summed E-state index contributed by atoms with van der Waals surface area (Å²) in [6, 6.07) is 9.72. The number of anilines is 1. The van der Waals surface area contributed by atoms with Crippen LogP contribution in [0.1, 0.15) is 37.7 Å². The summed E-state index contributed by atoms with van der Waals surface area (Å²) >= 11 is 0. The van der Waals surface area contributed by atoms with Crippen LogP contribution in [0.4, 0.5) is 5.69 Å². The van der Waals surface area contributed by atoms with E-state index in [9.17, 15) is 4.79 Å². The second-order valence-corrected chi connectivity index (χ2v) is 5.42. The summed E-state index contributed by atoms with van der Waals surface area (Å²) in [6.07, 6.45) is 5.93. The summed E-state index contributed by atoms with van der Waals surface area (Å²) in [7, 11) is 1.89. The first kappa shape index (κ1) is 14.4. The van der Waals surface area contributed by atoms with E-state index >= 15 is 0 Å². The molecule has 20 heavy (non-hydrogen) atoms. The lowest BCUT2D eigenvalue weighted by Crippen LogP contribution is -2.41. The van der Waals surface area contributed by atoms with Crippen LogP contribution >= 0.6 is 0 Å². The third-order valence-electron chi connectivity index (χ3n) is 3.79. The van der Waals surface area contributed by atoms with E-state index in [4.69, 9.17) is 5.26 Å². The molecule has 0 aromatic heterocycles. The van der Waals surface area contributed by atoms with Crippen LogP contribution in [0.3, 0.4) is 0 Å². The van der Waals surface area contributed by atoms with Gasteiger partial charge in [0.15, 0.2) is 0 Å². The van der Waals surface area contributed by atoms with Crippen LogP contribution in [0.15, 0.2) is 24.3 Å². The number of rotatable bonds is 4. The zero-order chi connectivity index (χ0) is 14.4. The van der Waals surface area contributed by atoms with Crippen molar-refractivity contribution in [2.75, 3.05) is 18.5 Å². The van der Waals surface area contributed by atoms with Gasteiger partial charge in [0.1, 0.15) is 0 Å². The molecule has 1 aromatic carbocycles. The quantitative estimate of drug-likeness (QED) is 0.915. The Balaban J connectivity index is 1.84. The van der Waals surface area contributed by atoms with E-state index in [-0.39, 0.29) is 5.91 Å². The number of carbonyl (C=O) groups is 1. The van der Waals surface area contributed by atoms with Crippen molar-refractivity contribution < 1.29 is 4.79 Å². The fourth-order valence-electron chi connectivity index (χ4n) is 2.62. The molecule has 0 unspecified atom stereocenters. The number of nitriles is 1. The summed E-state index contributed by atoms with van der Waals surface area (Å²) in [4.78, 5) is 13.9. The lowest BCUT2D eigenvalue weighted by molar-refractivity contribution is -0.120. The van der Waals surface area contributed by atoms with Gasteiger partial charge in [-0.05, 0) is 37.1 Å². The van der Waals surface area contributed by atoms with Crippen LogP contribution < -0.4 is 10.2 Å². The molecule has 4 heteroatoms. The molecule has 0 bridgehead atoms. The first-order valence-electron chi connectivity index (χ1n) is 7.19. The van der Waals surface area contributed by atoms with Crippen molar-refractivity contribution in [3.05, 3.63) is 29.8 Å². The van der Waals surface area contributed by atoms with Crippen molar-refractivity contribution in [3.8, 4) is 6.07 Å². The van der Waals surface area contributed by atoms with Gasteiger partial charge in [-0.3, -0.25) is 4.79 Å². The fourth-order valence-corrected chi connectivity index (χ4v) is 2.62. The van der Waals surface area contributed by atoms with Crippen molar-refractivity contribution in [2.45, 2.75) is 38.1 Å². The number of amides is 1. The number of nitrogens with one attached hydrogen (secondary N) is 1. The maximum absolute atomic E-state index is 12.0. The molecule has 1 amide bonds. The average molecular weight is 271 g/mol. The second kappa shape index (κ2) is 6.95. The van der Waals surface area contributed by atoms with Crippen molar-refractivity contribution in [1.29, 1.82) is 5.26 Å². The number of likely N-dealkylation sites (N-methyl/N-ethyl adjacent to an activating group) is 1. The Bertz CT molecular complexity index is 483. The molecule has 2 rings (SSSR count). The van der Waals surface area contributed by atoms with Gasteiger partial charge in [-0.2, -0.15) is 5.26 Å². The highest BCUT2D eigenvalue weighted by Crippen LogP contribution is 2.17. The Labute approximate surface area is 120 Å². The smallest absolute Gasteiger partial charge is 0.239 e. The van der Waals surface area contributed by atoms with Crippen molar-refractivity contribution in [3.63, 3.8) is 0 Å². The average Bonchev–Trinajstić information content (AvgIpc) is 2.48. The van der Waals surface area contributed by atoms with Crippen LogP contribution in [0.5, 0.6) is 0 Å². The maximum Gasteiger partial charge on any atom is 0.239 e. The number of hydrogen-bond acceptors (Lipinski definition) is 3. The molecule has 1 N–H and O–H groups in total. The van der Waals surface area contributed by atoms with E-state index in [0.717, 1.165) is 18.5 Å². The molecule has 1 aliphatic carbocycles. The van der Waals surface area contributed by atoms with E-state index in [0.29, 0.717) is 18.2 Å². The van der Waals surface area contributed by atoms with Crippen molar-refractivity contribution in [1.82, 2.24) is 5.32 Å². The van der Waals surface area contributed by atoms with Gasteiger partial charge in [0.25, 0.3) is 0 Å². The highest BCUT2D eigenvalue weighted by Gasteiger charge is 2.16. The van der Waals surface area contributed by atoms with Crippen molar-refractivity contribution in [2.24, 2.45) is 0 Å². The van der Waals surface area contributed by atoms with Gasteiger partial charge in [-0.25, -0.2) is 0 Å². The zero-order valence-corrected chi connectivity index (χ0v) is 11.9. The van der Waals surface area contributed by atoms with Crippen LogP contribution in [0.2, 0.25) is 0 Å². The largest absolute Gasteiger partial charge is 0.365 e.